The van der Waals surface area contributed by atoms with E-state index in [0.717, 1.165) is 0 Å². The zero-order valence-electron chi connectivity index (χ0n) is 11.0. The molecular weight excluding hydrogens is 233 g/mol. The molecule has 1 aliphatic rings. The van der Waals surface area contributed by atoms with E-state index in [2.05, 4.69) is 0 Å². The third-order valence-electron chi connectivity index (χ3n) is 2.77. The molecule has 0 fully saturated rings. The predicted octanol–water partition coefficient (Wildman–Crippen LogP) is 2.99. The lowest BCUT2D eigenvalue weighted by Gasteiger charge is -2.31. The molecule has 0 aromatic heterocycles. The van der Waals surface area contributed by atoms with Gasteiger partial charge in [0.1, 0.15) is 18.2 Å². The Hall–Kier alpha value is -1.58. The Kier molecular flexibility index (Phi) is 3.28. The lowest BCUT2D eigenvalue weighted by Crippen LogP contribution is -2.39. The first-order valence-corrected chi connectivity index (χ1v) is 6.09. The van der Waals surface area contributed by atoms with Crippen molar-refractivity contribution in [3.8, 4) is 5.75 Å². The van der Waals surface area contributed by atoms with Crippen molar-refractivity contribution in [2.75, 3.05) is 18.1 Å². The van der Waals surface area contributed by atoms with Gasteiger partial charge in [0.2, 0.25) is 5.91 Å². The lowest BCUT2D eigenvalue weighted by molar-refractivity contribution is -0.120. The van der Waals surface area contributed by atoms with E-state index >= 15 is 0 Å². The van der Waals surface area contributed by atoms with Gasteiger partial charge in [0.15, 0.2) is 0 Å². The SMILES string of the molecule is CC(C)(C)CC(=O)N1CCOc2ccc(F)cc21. The highest BCUT2D eigenvalue weighted by molar-refractivity contribution is 5.95. The van der Waals surface area contributed by atoms with Crippen molar-refractivity contribution < 1.29 is 13.9 Å². The lowest BCUT2D eigenvalue weighted by atomic mass is 9.91. The fourth-order valence-electron chi connectivity index (χ4n) is 2.00. The third-order valence-corrected chi connectivity index (χ3v) is 2.77. The van der Waals surface area contributed by atoms with E-state index in [0.29, 0.717) is 31.0 Å². The van der Waals surface area contributed by atoms with Gasteiger partial charge in [0.25, 0.3) is 0 Å². The summed E-state index contributed by atoms with van der Waals surface area (Å²) in [6, 6.07) is 4.27. The first-order chi connectivity index (χ1) is 8.37. The first-order valence-electron chi connectivity index (χ1n) is 6.09. The maximum Gasteiger partial charge on any atom is 0.227 e. The molecule has 18 heavy (non-hydrogen) atoms. The minimum atomic E-state index is -0.354. The van der Waals surface area contributed by atoms with Gasteiger partial charge < -0.3 is 9.64 Å². The van der Waals surface area contributed by atoms with Crippen LogP contribution in [0.1, 0.15) is 27.2 Å². The molecule has 1 aromatic carbocycles. The highest BCUT2D eigenvalue weighted by atomic mass is 19.1. The maximum absolute atomic E-state index is 13.3. The summed E-state index contributed by atoms with van der Waals surface area (Å²) in [5.41, 5.74) is 0.457. The van der Waals surface area contributed by atoms with Crippen LogP contribution in [0.15, 0.2) is 18.2 Å². The molecule has 1 heterocycles. The number of nitrogens with zero attached hydrogens (tertiary/aromatic N) is 1. The van der Waals surface area contributed by atoms with Crippen molar-refractivity contribution in [3.63, 3.8) is 0 Å². The number of hydrogen-bond donors (Lipinski definition) is 0. The zero-order chi connectivity index (χ0) is 13.3. The van der Waals surface area contributed by atoms with Crippen LogP contribution >= 0.6 is 0 Å². The second-order valence-corrected chi connectivity index (χ2v) is 5.74. The number of carbonyl (C=O) groups excluding carboxylic acids is 1. The molecule has 0 saturated heterocycles. The Morgan fingerprint density at radius 1 is 1.44 bits per heavy atom. The molecule has 0 aliphatic carbocycles. The van der Waals surface area contributed by atoms with E-state index in [1.165, 1.54) is 12.1 Å². The summed E-state index contributed by atoms with van der Waals surface area (Å²) in [7, 11) is 0. The second kappa shape index (κ2) is 4.59. The quantitative estimate of drug-likeness (QED) is 0.768. The minimum absolute atomic E-state index is 0.0117. The van der Waals surface area contributed by atoms with Crippen LogP contribution in [0.5, 0.6) is 5.75 Å². The van der Waals surface area contributed by atoms with Crippen LogP contribution in [0.3, 0.4) is 0 Å². The molecule has 1 aromatic rings. The molecule has 1 aliphatic heterocycles. The second-order valence-electron chi connectivity index (χ2n) is 5.74. The summed E-state index contributed by atoms with van der Waals surface area (Å²) >= 11 is 0. The van der Waals surface area contributed by atoms with Crippen LogP contribution in [0.2, 0.25) is 0 Å². The largest absolute Gasteiger partial charge is 0.490 e. The first kappa shape index (κ1) is 12.9. The normalized spacial score (nSPS) is 15.0. The summed E-state index contributed by atoms with van der Waals surface area (Å²) in [4.78, 5) is 13.9. The zero-order valence-corrected chi connectivity index (χ0v) is 11.0. The topological polar surface area (TPSA) is 29.5 Å². The Morgan fingerprint density at radius 3 is 2.83 bits per heavy atom. The molecule has 0 N–H and O–H groups in total. The van der Waals surface area contributed by atoms with Gasteiger partial charge in [-0.2, -0.15) is 0 Å². The molecule has 0 saturated carbocycles. The Morgan fingerprint density at radius 2 is 2.17 bits per heavy atom. The molecule has 98 valence electrons. The van der Waals surface area contributed by atoms with Crippen LogP contribution in [0.25, 0.3) is 0 Å². The summed E-state index contributed by atoms with van der Waals surface area (Å²) in [5.74, 6) is 0.232. The predicted molar refractivity (Wildman–Crippen MR) is 68.3 cm³/mol. The smallest absolute Gasteiger partial charge is 0.227 e. The number of rotatable bonds is 1. The van der Waals surface area contributed by atoms with Gasteiger partial charge in [-0.3, -0.25) is 4.79 Å². The highest BCUT2D eigenvalue weighted by Crippen LogP contribution is 2.33. The number of benzene rings is 1. The minimum Gasteiger partial charge on any atom is -0.490 e. The number of amides is 1. The van der Waals surface area contributed by atoms with E-state index in [-0.39, 0.29) is 17.1 Å². The molecule has 0 atom stereocenters. The molecule has 0 spiro atoms. The molecule has 4 heteroatoms. The summed E-state index contributed by atoms with van der Waals surface area (Å²) < 4.78 is 18.7. The summed E-state index contributed by atoms with van der Waals surface area (Å²) in [6.45, 7) is 6.97. The van der Waals surface area contributed by atoms with Gasteiger partial charge in [-0.25, -0.2) is 4.39 Å². The van der Waals surface area contributed by atoms with Crippen molar-refractivity contribution >= 4 is 11.6 Å². The number of ether oxygens (including phenoxy) is 1. The van der Waals surface area contributed by atoms with Gasteiger partial charge in [0.05, 0.1) is 12.2 Å². The number of fused-ring (bicyclic) bond motifs is 1. The Balaban J connectivity index is 2.27. The number of halogens is 1. The molecule has 3 nitrogen and oxygen atoms in total. The number of carbonyl (C=O) groups is 1. The average molecular weight is 251 g/mol. The highest BCUT2D eigenvalue weighted by Gasteiger charge is 2.27. The Bertz CT molecular complexity index is 465. The summed E-state index contributed by atoms with van der Waals surface area (Å²) in [5, 5.41) is 0. The number of anilines is 1. The van der Waals surface area contributed by atoms with Crippen molar-refractivity contribution in [3.05, 3.63) is 24.0 Å². The van der Waals surface area contributed by atoms with Crippen LogP contribution in [0, 0.1) is 11.2 Å². The van der Waals surface area contributed by atoms with E-state index < -0.39 is 0 Å². The van der Waals surface area contributed by atoms with Gasteiger partial charge >= 0.3 is 0 Å². The van der Waals surface area contributed by atoms with Crippen LogP contribution < -0.4 is 9.64 Å². The van der Waals surface area contributed by atoms with Crippen molar-refractivity contribution in [1.29, 1.82) is 0 Å². The molecule has 1 amide bonds. The molecule has 0 radical (unpaired) electrons. The van der Waals surface area contributed by atoms with Gasteiger partial charge in [-0.05, 0) is 17.5 Å². The van der Waals surface area contributed by atoms with E-state index in [1.54, 1.807) is 11.0 Å². The fourth-order valence-corrected chi connectivity index (χ4v) is 2.00. The molecule has 0 bridgehead atoms. The van der Waals surface area contributed by atoms with Crippen molar-refractivity contribution in [1.82, 2.24) is 0 Å². The van der Waals surface area contributed by atoms with Gasteiger partial charge in [-0.1, -0.05) is 20.8 Å². The van der Waals surface area contributed by atoms with Crippen LogP contribution in [-0.4, -0.2) is 19.1 Å². The number of hydrogen-bond acceptors (Lipinski definition) is 2. The summed E-state index contributed by atoms with van der Waals surface area (Å²) in [6.07, 6.45) is 0.433. The fraction of sp³-hybridized carbons (Fsp3) is 0.500. The van der Waals surface area contributed by atoms with E-state index in [9.17, 15) is 9.18 Å². The molecule has 2 rings (SSSR count). The van der Waals surface area contributed by atoms with Crippen molar-refractivity contribution in [2.45, 2.75) is 27.2 Å². The Labute approximate surface area is 107 Å². The average Bonchev–Trinajstić information content (AvgIpc) is 2.25. The standard InChI is InChI=1S/C14H18FNO2/c1-14(2,3)9-13(17)16-6-7-18-12-5-4-10(15)8-11(12)16/h4-5,8H,6-7,9H2,1-3H3. The maximum atomic E-state index is 13.3. The molecule has 0 unspecified atom stereocenters. The van der Waals surface area contributed by atoms with Crippen LogP contribution in [0.4, 0.5) is 10.1 Å². The van der Waals surface area contributed by atoms with Gasteiger partial charge in [-0.15, -0.1) is 0 Å². The monoisotopic (exact) mass is 251 g/mol. The van der Waals surface area contributed by atoms with E-state index in [1.807, 2.05) is 20.8 Å². The molecular formula is C14H18FNO2. The van der Waals surface area contributed by atoms with E-state index in [4.69, 9.17) is 4.74 Å². The van der Waals surface area contributed by atoms with Crippen molar-refractivity contribution in [2.24, 2.45) is 5.41 Å². The van der Waals surface area contributed by atoms with Crippen LogP contribution in [-0.2, 0) is 4.79 Å². The third kappa shape index (κ3) is 2.81. The van der Waals surface area contributed by atoms with Gasteiger partial charge in [0, 0.05) is 12.5 Å².